The van der Waals surface area contributed by atoms with E-state index in [9.17, 15) is 0 Å². The van der Waals surface area contributed by atoms with E-state index in [0.717, 1.165) is 32.0 Å². The van der Waals surface area contributed by atoms with E-state index >= 15 is 0 Å². The molecule has 1 heterocycles. The van der Waals surface area contributed by atoms with Crippen LogP contribution in [0.25, 0.3) is 10.8 Å². The van der Waals surface area contributed by atoms with Gasteiger partial charge in [0.15, 0.2) is 0 Å². The van der Waals surface area contributed by atoms with Crippen LogP contribution in [-0.2, 0) is 12.1 Å². The van der Waals surface area contributed by atoms with E-state index in [-0.39, 0.29) is 5.54 Å². The third kappa shape index (κ3) is 3.41. The van der Waals surface area contributed by atoms with Gasteiger partial charge in [-0.05, 0) is 59.4 Å². The summed E-state index contributed by atoms with van der Waals surface area (Å²) in [6.45, 7) is 6.02. The van der Waals surface area contributed by atoms with E-state index in [0.29, 0.717) is 5.92 Å². The van der Waals surface area contributed by atoms with Gasteiger partial charge in [-0.25, -0.2) is 0 Å². The molecule has 2 aliphatic rings. The lowest BCUT2D eigenvalue weighted by molar-refractivity contribution is 0.199. The summed E-state index contributed by atoms with van der Waals surface area (Å²) in [7, 11) is 0. The average Bonchev–Trinajstić information content (AvgIpc) is 3.47. The topological polar surface area (TPSA) is 33.3 Å². The minimum absolute atomic E-state index is 0.113. The Morgan fingerprint density at radius 3 is 2.64 bits per heavy atom. The van der Waals surface area contributed by atoms with Gasteiger partial charge in [-0.2, -0.15) is 0 Å². The fraction of sp³-hybridized carbons (Fsp3) is 0.360. The van der Waals surface area contributed by atoms with Crippen molar-refractivity contribution in [3.63, 3.8) is 0 Å². The largest absolute Gasteiger partial charge is 0.493 e. The van der Waals surface area contributed by atoms with Gasteiger partial charge in [0.1, 0.15) is 5.75 Å². The Labute approximate surface area is 167 Å². The summed E-state index contributed by atoms with van der Waals surface area (Å²) in [5.41, 5.74) is 4.20. The predicted molar refractivity (Wildman–Crippen MR) is 115 cm³/mol. The summed E-state index contributed by atoms with van der Waals surface area (Å²) in [4.78, 5) is 0. The van der Waals surface area contributed by atoms with Crippen molar-refractivity contribution in [2.24, 2.45) is 5.92 Å². The van der Waals surface area contributed by atoms with Gasteiger partial charge in [0.2, 0.25) is 0 Å². The van der Waals surface area contributed by atoms with Crippen LogP contribution in [0.5, 0.6) is 5.75 Å². The zero-order chi connectivity index (χ0) is 19.0. The number of nitrogens with one attached hydrogen (secondary N) is 2. The highest BCUT2D eigenvalue weighted by molar-refractivity contribution is 5.87. The monoisotopic (exact) mass is 372 g/mol. The van der Waals surface area contributed by atoms with Gasteiger partial charge in [0.25, 0.3) is 0 Å². The molecule has 3 aromatic carbocycles. The summed E-state index contributed by atoms with van der Waals surface area (Å²) in [5.74, 6) is 1.65. The van der Waals surface area contributed by atoms with Crippen LogP contribution >= 0.6 is 0 Å². The SMILES string of the molecule is Cc1ccc(OCC2CNC2)cc1CNC1(c2cccc3ccccc23)CC1. The molecular weight excluding hydrogens is 344 g/mol. The molecular formula is C25H28N2O. The lowest BCUT2D eigenvalue weighted by atomic mass is 9.96. The van der Waals surface area contributed by atoms with Gasteiger partial charge >= 0.3 is 0 Å². The van der Waals surface area contributed by atoms with Crippen LogP contribution in [-0.4, -0.2) is 19.7 Å². The minimum atomic E-state index is 0.113. The molecule has 0 radical (unpaired) electrons. The molecule has 3 heteroatoms. The van der Waals surface area contributed by atoms with Gasteiger partial charge in [0, 0.05) is 31.1 Å². The number of hydrogen-bond donors (Lipinski definition) is 2. The molecule has 2 fully saturated rings. The van der Waals surface area contributed by atoms with E-state index in [1.807, 2.05) is 0 Å². The van der Waals surface area contributed by atoms with Crippen molar-refractivity contribution in [3.05, 3.63) is 77.4 Å². The molecule has 144 valence electrons. The summed E-state index contributed by atoms with van der Waals surface area (Å²) in [6, 6.07) is 21.9. The van der Waals surface area contributed by atoms with Crippen LogP contribution in [0.15, 0.2) is 60.7 Å². The second kappa shape index (κ2) is 7.23. The molecule has 28 heavy (non-hydrogen) atoms. The molecule has 0 bridgehead atoms. The molecule has 0 amide bonds. The van der Waals surface area contributed by atoms with Gasteiger partial charge in [-0.3, -0.25) is 0 Å². The number of hydrogen-bond acceptors (Lipinski definition) is 3. The highest BCUT2D eigenvalue weighted by Crippen LogP contribution is 2.48. The van der Waals surface area contributed by atoms with Crippen LogP contribution in [0.2, 0.25) is 0 Å². The standard InChI is InChI=1S/C25H28N2O/c1-18-9-10-22(28-17-19-14-26-15-19)13-21(18)16-27-25(11-12-25)24-8-4-6-20-5-2-3-7-23(20)24/h2-10,13,19,26-27H,11-12,14-17H2,1H3. The van der Waals surface area contributed by atoms with Crippen molar-refractivity contribution in [1.82, 2.24) is 10.6 Å². The van der Waals surface area contributed by atoms with Crippen molar-refractivity contribution < 1.29 is 4.74 Å². The number of aryl methyl sites for hydroxylation is 1. The number of ether oxygens (including phenoxy) is 1. The third-order valence-electron chi connectivity index (χ3n) is 6.34. The van der Waals surface area contributed by atoms with E-state index in [1.54, 1.807) is 0 Å². The smallest absolute Gasteiger partial charge is 0.119 e. The number of rotatable bonds is 7. The second-order valence-corrected chi connectivity index (χ2v) is 8.39. The lowest BCUT2D eigenvalue weighted by Crippen LogP contribution is -2.45. The zero-order valence-electron chi connectivity index (χ0n) is 16.5. The molecule has 3 nitrogen and oxygen atoms in total. The fourth-order valence-corrected chi connectivity index (χ4v) is 4.18. The van der Waals surface area contributed by atoms with Crippen LogP contribution in [0.3, 0.4) is 0 Å². The van der Waals surface area contributed by atoms with Gasteiger partial charge in [-0.1, -0.05) is 48.5 Å². The van der Waals surface area contributed by atoms with Crippen molar-refractivity contribution in [2.45, 2.75) is 31.8 Å². The van der Waals surface area contributed by atoms with Gasteiger partial charge < -0.3 is 15.4 Å². The molecule has 2 N–H and O–H groups in total. The molecule has 1 aliphatic heterocycles. The summed E-state index contributed by atoms with van der Waals surface area (Å²) < 4.78 is 6.03. The molecule has 5 rings (SSSR count). The van der Waals surface area contributed by atoms with Crippen molar-refractivity contribution >= 4 is 10.8 Å². The number of fused-ring (bicyclic) bond motifs is 1. The van der Waals surface area contributed by atoms with E-state index < -0.39 is 0 Å². The number of benzene rings is 3. The molecule has 1 saturated heterocycles. The third-order valence-corrected chi connectivity index (χ3v) is 6.34. The molecule has 0 spiro atoms. The molecule has 0 aromatic heterocycles. The van der Waals surface area contributed by atoms with Crippen LogP contribution < -0.4 is 15.4 Å². The molecule has 0 atom stereocenters. The Balaban J connectivity index is 1.32. The Hall–Kier alpha value is -2.36. The summed E-state index contributed by atoms with van der Waals surface area (Å²) >= 11 is 0. The Morgan fingerprint density at radius 2 is 1.86 bits per heavy atom. The summed E-state index contributed by atoms with van der Waals surface area (Å²) in [5, 5.41) is 9.88. The lowest BCUT2D eigenvalue weighted by Gasteiger charge is -2.27. The maximum atomic E-state index is 6.03. The van der Waals surface area contributed by atoms with Gasteiger partial charge in [-0.15, -0.1) is 0 Å². The molecule has 1 aliphatic carbocycles. The Kier molecular flexibility index (Phi) is 4.58. The predicted octanol–water partition coefficient (Wildman–Crippen LogP) is 4.53. The van der Waals surface area contributed by atoms with E-state index in [2.05, 4.69) is 78.2 Å². The van der Waals surface area contributed by atoms with Crippen LogP contribution in [0.4, 0.5) is 0 Å². The van der Waals surface area contributed by atoms with E-state index in [1.165, 1.54) is 40.3 Å². The maximum Gasteiger partial charge on any atom is 0.119 e. The normalized spacial score (nSPS) is 18.0. The van der Waals surface area contributed by atoms with Crippen LogP contribution in [0, 0.1) is 12.8 Å². The van der Waals surface area contributed by atoms with Crippen molar-refractivity contribution in [1.29, 1.82) is 0 Å². The fourth-order valence-electron chi connectivity index (χ4n) is 4.18. The molecule has 3 aromatic rings. The average molecular weight is 373 g/mol. The molecule has 0 unspecified atom stereocenters. The first kappa shape index (κ1) is 17.7. The van der Waals surface area contributed by atoms with Crippen molar-refractivity contribution in [2.75, 3.05) is 19.7 Å². The first-order valence-electron chi connectivity index (χ1n) is 10.4. The van der Waals surface area contributed by atoms with Gasteiger partial charge in [0.05, 0.1) is 6.61 Å². The zero-order valence-corrected chi connectivity index (χ0v) is 16.5. The first-order valence-corrected chi connectivity index (χ1v) is 10.4. The highest BCUT2D eigenvalue weighted by atomic mass is 16.5. The maximum absolute atomic E-state index is 6.03. The van der Waals surface area contributed by atoms with E-state index in [4.69, 9.17) is 4.74 Å². The highest BCUT2D eigenvalue weighted by Gasteiger charge is 2.44. The quantitative estimate of drug-likeness (QED) is 0.639. The van der Waals surface area contributed by atoms with Crippen molar-refractivity contribution in [3.8, 4) is 5.75 Å². The second-order valence-electron chi connectivity index (χ2n) is 8.39. The Bertz CT molecular complexity index is 984. The Morgan fingerprint density at radius 1 is 1.04 bits per heavy atom. The van der Waals surface area contributed by atoms with Crippen LogP contribution in [0.1, 0.15) is 29.5 Å². The summed E-state index contributed by atoms with van der Waals surface area (Å²) in [6.07, 6.45) is 2.40. The first-order chi connectivity index (χ1) is 13.7. The molecule has 1 saturated carbocycles. The minimum Gasteiger partial charge on any atom is -0.493 e.